The van der Waals surface area contributed by atoms with Crippen LogP contribution in [0.3, 0.4) is 0 Å². The third kappa shape index (κ3) is 3.31. The number of ether oxygens (including phenoxy) is 1. The molecule has 1 N–H and O–H groups in total. The normalized spacial score (nSPS) is 12.8. The number of fused-ring (bicyclic) bond motifs is 1. The average molecular weight is 271 g/mol. The zero-order chi connectivity index (χ0) is 12.1. The van der Waals surface area contributed by atoms with Crippen LogP contribution >= 0.6 is 23.1 Å². The molecule has 5 heteroatoms. The maximum absolute atomic E-state index is 6.06. The molecule has 0 amide bonds. The van der Waals surface area contributed by atoms with E-state index in [1.54, 1.807) is 7.11 Å². The highest BCUT2D eigenvalue weighted by Gasteiger charge is 2.06. The Balaban J connectivity index is 1.91. The van der Waals surface area contributed by atoms with E-state index in [0.717, 1.165) is 23.5 Å². The van der Waals surface area contributed by atoms with Crippen LogP contribution in [-0.2, 0) is 4.74 Å². The summed E-state index contributed by atoms with van der Waals surface area (Å²) in [7, 11) is 1.67. The third-order valence-corrected chi connectivity index (χ3v) is 3.65. The molecule has 3 nitrogen and oxygen atoms in total. The lowest BCUT2D eigenvalue weighted by molar-refractivity contribution is 0.196. The number of hydrogen-bond donors (Lipinski definition) is 1. The van der Waals surface area contributed by atoms with Crippen LogP contribution in [-0.4, -0.2) is 30.0 Å². The summed E-state index contributed by atoms with van der Waals surface area (Å²) in [6.07, 6.45) is 0.877. The van der Waals surface area contributed by atoms with Crippen molar-refractivity contribution in [2.24, 2.45) is 0 Å². The number of nitrogens with zero attached hydrogens (tertiary/aromatic N) is 1. The first-order chi connectivity index (χ1) is 8.31. The maximum Gasteiger partial charge on any atom is 0.117 e. The predicted octanol–water partition coefficient (Wildman–Crippen LogP) is 3.35. The summed E-state index contributed by atoms with van der Waals surface area (Å²) in [4.78, 5) is 0. The van der Waals surface area contributed by atoms with Gasteiger partial charge in [-0.15, -0.1) is 11.6 Å². The Kier molecular flexibility index (Phi) is 4.59. The molecule has 0 saturated heterocycles. The number of halogens is 1. The van der Waals surface area contributed by atoms with Gasteiger partial charge in [0.05, 0.1) is 17.5 Å². The molecule has 2 rings (SSSR count). The Bertz CT molecular complexity index is 474. The van der Waals surface area contributed by atoms with E-state index >= 15 is 0 Å². The van der Waals surface area contributed by atoms with Crippen molar-refractivity contribution < 1.29 is 4.74 Å². The van der Waals surface area contributed by atoms with Crippen LogP contribution in [0.15, 0.2) is 24.3 Å². The van der Waals surface area contributed by atoms with Gasteiger partial charge in [0.2, 0.25) is 0 Å². The average Bonchev–Trinajstić information content (AvgIpc) is 2.73. The van der Waals surface area contributed by atoms with Gasteiger partial charge in [0.25, 0.3) is 0 Å². The number of anilines is 1. The molecule has 0 spiro atoms. The number of nitrogens with one attached hydrogen (secondary N) is 1. The first-order valence-corrected chi connectivity index (χ1v) is 6.73. The first-order valence-electron chi connectivity index (χ1n) is 5.52. The van der Waals surface area contributed by atoms with E-state index < -0.39 is 0 Å². The molecule has 0 fully saturated rings. The number of hydrogen-bond acceptors (Lipinski definition) is 4. The summed E-state index contributed by atoms with van der Waals surface area (Å²) in [5.41, 5.74) is 1.04. The van der Waals surface area contributed by atoms with Crippen LogP contribution in [0.2, 0.25) is 0 Å². The highest BCUT2D eigenvalue weighted by Crippen LogP contribution is 2.27. The molecule has 0 radical (unpaired) electrons. The minimum atomic E-state index is 0.0617. The lowest BCUT2D eigenvalue weighted by Gasteiger charge is -2.08. The van der Waals surface area contributed by atoms with Crippen molar-refractivity contribution in [2.75, 3.05) is 25.6 Å². The summed E-state index contributed by atoms with van der Waals surface area (Å²) in [6, 6.07) is 8.12. The van der Waals surface area contributed by atoms with Gasteiger partial charge in [-0.05, 0) is 30.1 Å². The van der Waals surface area contributed by atoms with Crippen LogP contribution in [0.1, 0.15) is 6.42 Å². The fourth-order valence-corrected chi connectivity index (χ4v) is 2.64. The monoisotopic (exact) mass is 270 g/mol. The van der Waals surface area contributed by atoms with Crippen molar-refractivity contribution in [2.45, 2.75) is 11.8 Å². The molecular formula is C12H15ClN2OS. The fourth-order valence-electron chi connectivity index (χ4n) is 1.62. The Morgan fingerprint density at radius 1 is 1.47 bits per heavy atom. The van der Waals surface area contributed by atoms with Crippen molar-refractivity contribution >= 4 is 39.0 Å². The summed E-state index contributed by atoms with van der Waals surface area (Å²) in [6.45, 7) is 1.43. The third-order valence-electron chi connectivity index (χ3n) is 2.47. The number of alkyl halides is 1. The van der Waals surface area contributed by atoms with Crippen molar-refractivity contribution in [1.82, 2.24) is 4.37 Å². The molecule has 2 aromatic rings. The standard InChI is InChI=1S/C12H15ClN2OS/c1-16-8-9(13)6-7-14-12-10-4-2-3-5-11(10)15-17-12/h2-5,9,14H,6-8H2,1H3. The quantitative estimate of drug-likeness (QED) is 0.818. The van der Waals surface area contributed by atoms with Crippen molar-refractivity contribution in [3.63, 3.8) is 0 Å². The second-order valence-corrected chi connectivity index (χ2v) is 5.19. The number of benzene rings is 1. The van der Waals surface area contributed by atoms with Crippen molar-refractivity contribution in [3.8, 4) is 0 Å². The lowest BCUT2D eigenvalue weighted by Crippen LogP contribution is -2.13. The summed E-state index contributed by atoms with van der Waals surface area (Å²) >= 11 is 7.55. The molecule has 1 aromatic carbocycles. The number of aromatic nitrogens is 1. The second-order valence-electron chi connectivity index (χ2n) is 3.80. The molecular weight excluding hydrogens is 256 g/mol. The van der Waals surface area contributed by atoms with E-state index in [2.05, 4.69) is 15.8 Å². The second kappa shape index (κ2) is 6.19. The SMILES string of the molecule is COCC(Cl)CCNc1snc2ccccc12. The smallest absolute Gasteiger partial charge is 0.117 e. The predicted molar refractivity (Wildman–Crippen MR) is 74.2 cm³/mol. The van der Waals surface area contributed by atoms with Crippen LogP contribution in [0.5, 0.6) is 0 Å². The van der Waals surface area contributed by atoms with E-state index in [9.17, 15) is 0 Å². The lowest BCUT2D eigenvalue weighted by atomic mass is 10.2. The molecule has 1 unspecified atom stereocenters. The van der Waals surface area contributed by atoms with Crippen molar-refractivity contribution in [1.29, 1.82) is 0 Å². The van der Waals surface area contributed by atoms with Gasteiger partial charge in [-0.2, -0.15) is 4.37 Å². The van der Waals surface area contributed by atoms with Gasteiger partial charge in [-0.1, -0.05) is 12.1 Å². The van der Waals surface area contributed by atoms with E-state index in [1.165, 1.54) is 16.9 Å². The molecule has 0 aliphatic carbocycles. The molecule has 1 atom stereocenters. The molecule has 0 saturated carbocycles. The van der Waals surface area contributed by atoms with E-state index in [1.807, 2.05) is 18.2 Å². The zero-order valence-corrected chi connectivity index (χ0v) is 11.2. The Morgan fingerprint density at radius 2 is 2.29 bits per heavy atom. The first kappa shape index (κ1) is 12.6. The highest BCUT2D eigenvalue weighted by molar-refractivity contribution is 7.11. The summed E-state index contributed by atoms with van der Waals surface area (Å²) in [5, 5.41) is 5.72. The maximum atomic E-state index is 6.06. The zero-order valence-electron chi connectivity index (χ0n) is 9.65. The van der Waals surface area contributed by atoms with Gasteiger partial charge in [-0.25, -0.2) is 0 Å². The molecule has 1 aromatic heterocycles. The van der Waals surface area contributed by atoms with Gasteiger partial charge in [-0.3, -0.25) is 0 Å². The topological polar surface area (TPSA) is 34.1 Å². The van der Waals surface area contributed by atoms with Gasteiger partial charge in [0.15, 0.2) is 0 Å². The van der Waals surface area contributed by atoms with Gasteiger partial charge < -0.3 is 10.1 Å². The Labute approximate surface area is 110 Å². The van der Waals surface area contributed by atoms with Crippen LogP contribution < -0.4 is 5.32 Å². The van der Waals surface area contributed by atoms with Gasteiger partial charge >= 0.3 is 0 Å². The molecule has 1 heterocycles. The summed E-state index contributed by atoms with van der Waals surface area (Å²) in [5.74, 6) is 0. The summed E-state index contributed by atoms with van der Waals surface area (Å²) < 4.78 is 9.37. The number of methoxy groups -OCH3 is 1. The minimum Gasteiger partial charge on any atom is -0.383 e. The van der Waals surface area contributed by atoms with Crippen LogP contribution in [0.25, 0.3) is 10.9 Å². The molecule has 0 bridgehead atoms. The molecule has 92 valence electrons. The molecule has 17 heavy (non-hydrogen) atoms. The van der Waals surface area contributed by atoms with Gasteiger partial charge in [0.1, 0.15) is 5.00 Å². The number of rotatable bonds is 6. The highest BCUT2D eigenvalue weighted by atomic mass is 35.5. The largest absolute Gasteiger partial charge is 0.383 e. The van der Waals surface area contributed by atoms with E-state index in [-0.39, 0.29) is 5.38 Å². The Morgan fingerprint density at radius 3 is 3.12 bits per heavy atom. The van der Waals surface area contributed by atoms with Crippen LogP contribution in [0, 0.1) is 0 Å². The van der Waals surface area contributed by atoms with E-state index in [0.29, 0.717) is 6.61 Å². The van der Waals surface area contributed by atoms with E-state index in [4.69, 9.17) is 16.3 Å². The Hall–Kier alpha value is -0.840. The fraction of sp³-hybridized carbons (Fsp3) is 0.417. The van der Waals surface area contributed by atoms with Crippen LogP contribution in [0.4, 0.5) is 5.00 Å². The van der Waals surface area contributed by atoms with Crippen molar-refractivity contribution in [3.05, 3.63) is 24.3 Å². The molecule has 0 aliphatic rings. The molecule has 0 aliphatic heterocycles. The minimum absolute atomic E-state index is 0.0617. The van der Waals surface area contributed by atoms with Gasteiger partial charge in [0, 0.05) is 19.0 Å².